The first kappa shape index (κ1) is 11.1. The number of rotatable bonds is 1. The van der Waals surface area contributed by atoms with Gasteiger partial charge in [0.1, 0.15) is 0 Å². The van der Waals surface area contributed by atoms with Gasteiger partial charge >= 0.3 is 0 Å². The quantitative estimate of drug-likeness (QED) is 0.559. The first-order valence-corrected chi connectivity index (χ1v) is 7.34. The fourth-order valence-electron chi connectivity index (χ4n) is 3.21. The van der Waals surface area contributed by atoms with Crippen LogP contribution in [0.1, 0.15) is 12.0 Å². The van der Waals surface area contributed by atoms with E-state index >= 15 is 0 Å². The average Bonchev–Trinajstić information content (AvgIpc) is 2.95. The third kappa shape index (κ3) is 1.68. The molecule has 3 heteroatoms. The number of benzene rings is 1. The Balaban J connectivity index is 1.82. The van der Waals surface area contributed by atoms with E-state index in [-0.39, 0.29) is 0 Å². The highest BCUT2D eigenvalue weighted by molar-refractivity contribution is 8.13. The van der Waals surface area contributed by atoms with Crippen LogP contribution in [0.4, 0.5) is 0 Å². The highest BCUT2D eigenvalue weighted by atomic mass is 32.2. The van der Waals surface area contributed by atoms with Crippen molar-refractivity contribution >= 4 is 16.9 Å². The minimum atomic E-state index is 0.437. The van der Waals surface area contributed by atoms with Crippen LogP contribution in [0.3, 0.4) is 0 Å². The standard InChI is InChI=1S/C14H18N2S/c1-15-13(17-2)16-9-12-8-14(12,10-16)11-6-4-3-5-7-11/h3-7,12H,8-10H2,1-2H3/t12-,14+/m0/s1. The molecule has 1 saturated carbocycles. The molecular weight excluding hydrogens is 228 g/mol. The molecule has 1 aliphatic carbocycles. The van der Waals surface area contributed by atoms with Crippen molar-refractivity contribution in [3.8, 4) is 0 Å². The smallest absolute Gasteiger partial charge is 0.158 e. The number of aliphatic imine (C=N–C) groups is 1. The van der Waals surface area contributed by atoms with Crippen LogP contribution in [-0.2, 0) is 5.41 Å². The van der Waals surface area contributed by atoms with Crippen LogP contribution >= 0.6 is 11.8 Å². The molecule has 17 heavy (non-hydrogen) atoms. The zero-order valence-electron chi connectivity index (χ0n) is 10.4. The number of hydrogen-bond donors (Lipinski definition) is 0. The molecule has 1 heterocycles. The van der Waals surface area contributed by atoms with Gasteiger partial charge in [-0.05, 0) is 24.2 Å². The summed E-state index contributed by atoms with van der Waals surface area (Å²) in [5, 5.41) is 1.19. The van der Waals surface area contributed by atoms with E-state index in [4.69, 9.17) is 0 Å². The van der Waals surface area contributed by atoms with Gasteiger partial charge in [-0.15, -0.1) is 0 Å². The van der Waals surface area contributed by atoms with Crippen LogP contribution in [-0.4, -0.2) is 36.5 Å². The van der Waals surface area contributed by atoms with E-state index in [9.17, 15) is 0 Å². The summed E-state index contributed by atoms with van der Waals surface area (Å²) in [6, 6.07) is 11.0. The highest BCUT2D eigenvalue weighted by Gasteiger charge is 2.61. The lowest BCUT2D eigenvalue weighted by Crippen LogP contribution is -2.30. The molecule has 0 unspecified atom stereocenters. The molecular formula is C14H18N2S. The number of piperidine rings is 1. The Hall–Kier alpha value is -0.960. The van der Waals surface area contributed by atoms with Gasteiger partial charge in [0.2, 0.25) is 0 Å². The van der Waals surface area contributed by atoms with Gasteiger partial charge in [0.05, 0.1) is 0 Å². The molecule has 1 aromatic carbocycles. The zero-order valence-corrected chi connectivity index (χ0v) is 11.2. The van der Waals surface area contributed by atoms with Crippen LogP contribution in [0.2, 0.25) is 0 Å². The highest BCUT2D eigenvalue weighted by Crippen LogP contribution is 2.59. The van der Waals surface area contributed by atoms with E-state index in [1.54, 1.807) is 11.8 Å². The maximum absolute atomic E-state index is 4.37. The minimum Gasteiger partial charge on any atom is -0.350 e. The summed E-state index contributed by atoms with van der Waals surface area (Å²) >= 11 is 1.76. The Morgan fingerprint density at radius 1 is 1.41 bits per heavy atom. The molecule has 1 aliphatic heterocycles. The second-order valence-electron chi connectivity index (χ2n) is 5.01. The molecule has 0 radical (unpaired) electrons. The van der Waals surface area contributed by atoms with Crippen molar-refractivity contribution in [2.75, 3.05) is 26.4 Å². The maximum Gasteiger partial charge on any atom is 0.158 e. The zero-order chi connectivity index (χ0) is 11.9. The van der Waals surface area contributed by atoms with E-state index in [0.717, 1.165) is 12.5 Å². The number of hydrogen-bond acceptors (Lipinski definition) is 2. The van der Waals surface area contributed by atoms with E-state index in [2.05, 4.69) is 46.5 Å². The molecule has 0 aromatic heterocycles. The van der Waals surface area contributed by atoms with Gasteiger partial charge in [-0.3, -0.25) is 4.99 Å². The Morgan fingerprint density at radius 2 is 2.18 bits per heavy atom. The molecule has 1 aromatic rings. The Kier molecular flexibility index (Phi) is 2.66. The second kappa shape index (κ2) is 4.05. The predicted octanol–water partition coefficient (Wildman–Crippen LogP) is 2.61. The van der Waals surface area contributed by atoms with Crippen LogP contribution < -0.4 is 0 Å². The largest absolute Gasteiger partial charge is 0.350 e. The number of nitrogens with zero attached hydrogens (tertiary/aromatic N) is 2. The summed E-state index contributed by atoms with van der Waals surface area (Å²) in [6.45, 7) is 2.33. The van der Waals surface area contributed by atoms with Crippen LogP contribution in [0.5, 0.6) is 0 Å². The van der Waals surface area contributed by atoms with Gasteiger partial charge < -0.3 is 4.90 Å². The molecule has 0 bridgehead atoms. The lowest BCUT2D eigenvalue weighted by molar-refractivity contribution is 0.455. The van der Waals surface area contributed by atoms with Gasteiger partial charge in [0.25, 0.3) is 0 Å². The molecule has 2 aliphatic rings. The topological polar surface area (TPSA) is 15.6 Å². The summed E-state index contributed by atoms with van der Waals surface area (Å²) in [4.78, 5) is 6.82. The third-order valence-corrected chi connectivity index (χ3v) is 4.94. The first-order valence-electron chi connectivity index (χ1n) is 6.11. The summed E-state index contributed by atoms with van der Waals surface area (Å²) in [5.74, 6) is 0.841. The van der Waals surface area contributed by atoms with Gasteiger partial charge in [-0.1, -0.05) is 42.1 Å². The van der Waals surface area contributed by atoms with Gasteiger partial charge in [0.15, 0.2) is 5.17 Å². The lowest BCUT2D eigenvalue weighted by atomic mass is 9.95. The number of likely N-dealkylation sites (tertiary alicyclic amines) is 1. The molecule has 0 N–H and O–H groups in total. The molecule has 2 fully saturated rings. The molecule has 0 amide bonds. The Labute approximate surface area is 107 Å². The summed E-state index contributed by atoms with van der Waals surface area (Å²) < 4.78 is 0. The van der Waals surface area contributed by atoms with Crippen molar-refractivity contribution < 1.29 is 0 Å². The molecule has 2 nitrogen and oxygen atoms in total. The van der Waals surface area contributed by atoms with Crippen molar-refractivity contribution in [1.29, 1.82) is 0 Å². The summed E-state index contributed by atoms with van der Waals surface area (Å²) in [7, 11) is 1.89. The fourth-order valence-corrected chi connectivity index (χ4v) is 3.79. The Morgan fingerprint density at radius 3 is 2.82 bits per heavy atom. The SMILES string of the molecule is CN=C(SC)N1C[C@@H]2C[C@]2(c2ccccc2)C1. The van der Waals surface area contributed by atoms with Crippen LogP contribution in [0.25, 0.3) is 0 Å². The van der Waals surface area contributed by atoms with Gasteiger partial charge in [0, 0.05) is 25.6 Å². The van der Waals surface area contributed by atoms with Crippen LogP contribution in [0.15, 0.2) is 35.3 Å². The lowest BCUT2D eigenvalue weighted by Gasteiger charge is -2.23. The van der Waals surface area contributed by atoms with Crippen molar-refractivity contribution in [3.05, 3.63) is 35.9 Å². The molecule has 2 atom stereocenters. The van der Waals surface area contributed by atoms with Crippen LogP contribution in [0, 0.1) is 5.92 Å². The molecule has 0 spiro atoms. The fraction of sp³-hybridized carbons (Fsp3) is 0.500. The normalized spacial score (nSPS) is 31.5. The monoisotopic (exact) mass is 246 g/mol. The van der Waals surface area contributed by atoms with Crippen molar-refractivity contribution in [2.45, 2.75) is 11.8 Å². The predicted molar refractivity (Wildman–Crippen MR) is 74.7 cm³/mol. The number of amidine groups is 1. The summed E-state index contributed by atoms with van der Waals surface area (Å²) in [6.07, 6.45) is 3.47. The minimum absolute atomic E-state index is 0.437. The van der Waals surface area contributed by atoms with E-state index in [1.807, 2.05) is 7.05 Å². The van der Waals surface area contributed by atoms with E-state index < -0.39 is 0 Å². The Bertz CT molecular complexity index is 443. The molecule has 3 rings (SSSR count). The van der Waals surface area contributed by atoms with E-state index in [0.29, 0.717) is 5.41 Å². The van der Waals surface area contributed by atoms with Crippen molar-refractivity contribution in [3.63, 3.8) is 0 Å². The van der Waals surface area contributed by atoms with Gasteiger partial charge in [-0.2, -0.15) is 0 Å². The first-order chi connectivity index (χ1) is 8.30. The number of thioether (sulfide) groups is 1. The van der Waals surface area contributed by atoms with E-state index in [1.165, 1.54) is 23.7 Å². The maximum atomic E-state index is 4.37. The number of fused-ring (bicyclic) bond motifs is 1. The molecule has 1 saturated heterocycles. The van der Waals surface area contributed by atoms with Crippen molar-refractivity contribution in [1.82, 2.24) is 4.90 Å². The molecule has 90 valence electrons. The average molecular weight is 246 g/mol. The third-order valence-electron chi connectivity index (χ3n) is 4.14. The van der Waals surface area contributed by atoms with Crippen molar-refractivity contribution in [2.24, 2.45) is 10.9 Å². The van der Waals surface area contributed by atoms with Gasteiger partial charge in [-0.25, -0.2) is 0 Å². The summed E-state index contributed by atoms with van der Waals surface area (Å²) in [5.41, 5.74) is 1.96. The second-order valence-corrected chi connectivity index (χ2v) is 5.79.